The summed E-state index contributed by atoms with van der Waals surface area (Å²) in [6.45, 7) is 13.6. The second kappa shape index (κ2) is 5.40. The molecule has 1 nitrogen and oxygen atoms in total. The maximum atomic E-state index is 6.34. The lowest BCUT2D eigenvalue weighted by atomic mass is 9.74. The number of hydrogen-bond acceptors (Lipinski definition) is 1. The molecule has 16 heavy (non-hydrogen) atoms. The average molecular weight is 222 g/mol. The fraction of sp³-hybridized carbons (Fsp3) is 0.857. The Morgan fingerprint density at radius 2 is 2.00 bits per heavy atom. The summed E-state index contributed by atoms with van der Waals surface area (Å²) in [7, 11) is 1.09. The van der Waals surface area contributed by atoms with Crippen LogP contribution < -0.4 is 0 Å². The highest BCUT2D eigenvalue weighted by Crippen LogP contribution is 2.42. The monoisotopic (exact) mass is 222 g/mol. The van der Waals surface area contributed by atoms with Gasteiger partial charge in [0, 0.05) is 6.00 Å². The van der Waals surface area contributed by atoms with Crippen molar-refractivity contribution in [2.24, 2.45) is 11.8 Å². The van der Waals surface area contributed by atoms with Crippen LogP contribution in [0.15, 0.2) is 11.6 Å². The Hall–Kier alpha value is -0.235. The minimum Gasteiger partial charge on any atom is -0.372 e. The minimum absolute atomic E-state index is 0.0308. The van der Waals surface area contributed by atoms with Crippen LogP contribution in [0.3, 0.4) is 0 Å². The third-order valence-corrected chi connectivity index (χ3v) is 3.60. The number of rotatable bonds is 5. The van der Waals surface area contributed by atoms with Crippen molar-refractivity contribution >= 4 is 7.28 Å². The van der Waals surface area contributed by atoms with E-state index in [1.165, 1.54) is 5.57 Å². The minimum atomic E-state index is 0.0308. The van der Waals surface area contributed by atoms with Gasteiger partial charge in [0.05, 0.1) is 5.60 Å². The van der Waals surface area contributed by atoms with E-state index in [1.807, 2.05) is 0 Å². The molecule has 1 aliphatic heterocycles. The highest BCUT2D eigenvalue weighted by Gasteiger charge is 2.41. The average Bonchev–Trinajstić information content (AvgIpc) is 2.56. The first-order valence-electron chi connectivity index (χ1n) is 6.85. The lowest BCUT2D eigenvalue weighted by Gasteiger charge is -2.35. The second-order valence-electron chi connectivity index (χ2n) is 5.79. The maximum Gasteiger partial charge on any atom is 0.159 e. The zero-order valence-corrected chi connectivity index (χ0v) is 11.8. The van der Waals surface area contributed by atoms with Gasteiger partial charge in [0.2, 0.25) is 0 Å². The van der Waals surface area contributed by atoms with Crippen molar-refractivity contribution < 1.29 is 4.74 Å². The van der Waals surface area contributed by atoms with Crippen LogP contribution in [-0.4, -0.2) is 18.9 Å². The van der Waals surface area contributed by atoms with Crippen molar-refractivity contribution in [3.05, 3.63) is 11.6 Å². The molecule has 0 radical (unpaired) electrons. The molecule has 2 atom stereocenters. The molecule has 0 fully saturated rings. The van der Waals surface area contributed by atoms with Crippen LogP contribution in [0.25, 0.3) is 0 Å². The first-order chi connectivity index (χ1) is 7.45. The lowest BCUT2D eigenvalue weighted by molar-refractivity contribution is -0.0217. The molecule has 1 heterocycles. The van der Waals surface area contributed by atoms with Gasteiger partial charge in [-0.2, -0.15) is 0 Å². The van der Waals surface area contributed by atoms with Crippen LogP contribution >= 0.6 is 0 Å². The third-order valence-electron chi connectivity index (χ3n) is 3.60. The fourth-order valence-electron chi connectivity index (χ4n) is 2.92. The van der Waals surface area contributed by atoms with Gasteiger partial charge in [0.15, 0.2) is 7.28 Å². The predicted molar refractivity (Wildman–Crippen MR) is 73.3 cm³/mol. The summed E-state index contributed by atoms with van der Waals surface area (Å²) < 4.78 is 6.34. The molecular formula is C14H27BO. The van der Waals surface area contributed by atoms with Crippen LogP contribution in [0.1, 0.15) is 47.5 Å². The highest BCUT2D eigenvalue weighted by molar-refractivity contribution is 6.36. The van der Waals surface area contributed by atoms with Gasteiger partial charge in [-0.25, -0.2) is 0 Å². The summed E-state index contributed by atoms with van der Waals surface area (Å²) >= 11 is 0. The molecular weight excluding hydrogens is 195 g/mol. The van der Waals surface area contributed by atoms with Crippen LogP contribution in [0.4, 0.5) is 0 Å². The predicted octanol–water partition coefficient (Wildman–Crippen LogP) is 3.60. The molecule has 2 heteroatoms. The van der Waals surface area contributed by atoms with Gasteiger partial charge in [-0.1, -0.05) is 47.5 Å². The van der Waals surface area contributed by atoms with E-state index in [9.17, 15) is 0 Å². The van der Waals surface area contributed by atoms with Gasteiger partial charge in [-0.3, -0.25) is 0 Å². The van der Waals surface area contributed by atoms with Crippen molar-refractivity contribution in [1.29, 1.82) is 0 Å². The van der Waals surface area contributed by atoms with Gasteiger partial charge in [-0.15, -0.1) is 0 Å². The van der Waals surface area contributed by atoms with Crippen LogP contribution in [0.5, 0.6) is 0 Å². The summed E-state index contributed by atoms with van der Waals surface area (Å²) in [6.07, 6.45) is 4.65. The molecule has 0 saturated carbocycles. The third kappa shape index (κ3) is 2.71. The normalized spacial score (nSPS) is 30.0. The molecule has 0 saturated heterocycles. The van der Waals surface area contributed by atoms with Gasteiger partial charge in [0.25, 0.3) is 0 Å². The Bertz CT molecular complexity index is 257. The van der Waals surface area contributed by atoms with Gasteiger partial charge < -0.3 is 4.74 Å². The van der Waals surface area contributed by atoms with E-state index >= 15 is 0 Å². The zero-order valence-electron chi connectivity index (χ0n) is 11.8. The zero-order chi connectivity index (χ0) is 12.3. The quantitative estimate of drug-likeness (QED) is 0.510. The molecule has 1 rings (SSSR count). The number of hydrogen-bond donors (Lipinski definition) is 0. The van der Waals surface area contributed by atoms with Crippen molar-refractivity contribution in [3.8, 4) is 0 Å². The molecule has 0 amide bonds. The van der Waals surface area contributed by atoms with Crippen molar-refractivity contribution in [2.45, 2.75) is 65.9 Å². The standard InChI is InChI=1S/C14H27BO/c1-7-14(9-10(2)3)12(11(4)5)8-13(15-6)16-14/h8,10-11,13,15H,7,9H2,1-6H3. The molecule has 0 N–H and O–H groups in total. The maximum absolute atomic E-state index is 6.34. The molecule has 92 valence electrons. The Morgan fingerprint density at radius 3 is 2.38 bits per heavy atom. The molecule has 0 aromatic heterocycles. The van der Waals surface area contributed by atoms with Crippen molar-refractivity contribution in [1.82, 2.24) is 0 Å². The second-order valence-corrected chi connectivity index (χ2v) is 5.79. The van der Waals surface area contributed by atoms with Crippen LogP contribution in [-0.2, 0) is 4.74 Å². The highest BCUT2D eigenvalue weighted by atomic mass is 16.5. The number of ether oxygens (including phenoxy) is 1. The summed E-state index contributed by atoms with van der Waals surface area (Å²) in [4.78, 5) is 0. The summed E-state index contributed by atoms with van der Waals surface area (Å²) in [5, 5.41) is 0. The molecule has 2 unspecified atom stereocenters. The van der Waals surface area contributed by atoms with Gasteiger partial charge in [-0.05, 0) is 30.3 Å². The van der Waals surface area contributed by atoms with E-state index in [4.69, 9.17) is 4.74 Å². The van der Waals surface area contributed by atoms with E-state index < -0.39 is 0 Å². The molecule has 0 spiro atoms. The Kier molecular flexibility index (Phi) is 4.67. The van der Waals surface area contributed by atoms with E-state index in [-0.39, 0.29) is 5.60 Å². The largest absolute Gasteiger partial charge is 0.372 e. The summed E-state index contributed by atoms with van der Waals surface area (Å²) in [5.74, 6) is 1.30. The van der Waals surface area contributed by atoms with Crippen molar-refractivity contribution in [2.75, 3.05) is 0 Å². The Labute approximate surface area is 102 Å². The molecule has 0 bridgehead atoms. The summed E-state index contributed by atoms with van der Waals surface area (Å²) in [5.41, 5.74) is 1.57. The molecule has 0 aromatic carbocycles. The fourth-order valence-corrected chi connectivity index (χ4v) is 2.92. The van der Waals surface area contributed by atoms with E-state index in [0.29, 0.717) is 17.8 Å². The van der Waals surface area contributed by atoms with Crippen molar-refractivity contribution in [3.63, 3.8) is 0 Å². The van der Waals surface area contributed by atoms with E-state index in [0.717, 1.165) is 20.1 Å². The van der Waals surface area contributed by atoms with E-state index in [2.05, 4.69) is 47.5 Å². The van der Waals surface area contributed by atoms with Crippen LogP contribution in [0.2, 0.25) is 6.82 Å². The smallest absolute Gasteiger partial charge is 0.159 e. The first kappa shape index (κ1) is 13.8. The SMILES string of the molecule is CBC1C=C(C(C)C)C(CC)(CC(C)C)O1. The Morgan fingerprint density at radius 1 is 1.38 bits per heavy atom. The molecule has 0 aliphatic carbocycles. The first-order valence-corrected chi connectivity index (χ1v) is 6.85. The van der Waals surface area contributed by atoms with Crippen LogP contribution in [0, 0.1) is 11.8 Å². The van der Waals surface area contributed by atoms with E-state index in [1.54, 1.807) is 0 Å². The van der Waals surface area contributed by atoms with Gasteiger partial charge >= 0.3 is 0 Å². The summed E-state index contributed by atoms with van der Waals surface area (Å²) in [6, 6.07) is 0.344. The lowest BCUT2D eigenvalue weighted by Crippen LogP contribution is -2.36. The van der Waals surface area contributed by atoms with Gasteiger partial charge in [0.1, 0.15) is 0 Å². The topological polar surface area (TPSA) is 9.23 Å². The molecule has 0 aromatic rings. The Balaban J connectivity index is 2.95. The molecule has 1 aliphatic rings.